The minimum atomic E-state index is -0.182. The molecule has 0 radical (unpaired) electrons. The predicted molar refractivity (Wildman–Crippen MR) is 73.6 cm³/mol. The van der Waals surface area contributed by atoms with Crippen LogP contribution in [0.5, 0.6) is 0 Å². The average molecular weight is 306 g/mol. The van der Waals surface area contributed by atoms with Crippen molar-refractivity contribution in [3.8, 4) is 0 Å². The van der Waals surface area contributed by atoms with E-state index in [4.69, 9.17) is 0 Å². The zero-order valence-electron chi connectivity index (χ0n) is 9.67. The maximum atomic E-state index is 11.9. The van der Waals surface area contributed by atoms with E-state index in [1.807, 2.05) is 30.3 Å². The van der Waals surface area contributed by atoms with Crippen molar-refractivity contribution < 1.29 is 4.79 Å². The van der Waals surface area contributed by atoms with E-state index in [2.05, 4.69) is 15.9 Å². The molecule has 0 aliphatic heterocycles. The summed E-state index contributed by atoms with van der Waals surface area (Å²) in [6, 6.07) is 12.9. The van der Waals surface area contributed by atoms with E-state index < -0.39 is 0 Å². The van der Waals surface area contributed by atoms with Crippen molar-refractivity contribution in [1.29, 1.82) is 0 Å². The topological polar surface area (TPSA) is 39.1 Å². The lowest BCUT2D eigenvalue weighted by atomic mass is 10.1. The van der Waals surface area contributed by atoms with E-state index in [1.165, 1.54) is 4.57 Å². The van der Waals surface area contributed by atoms with Crippen LogP contribution in [-0.2, 0) is 17.8 Å². The molecule has 2 aromatic rings. The van der Waals surface area contributed by atoms with Crippen LogP contribution >= 0.6 is 15.9 Å². The third-order valence-corrected chi connectivity index (χ3v) is 3.17. The molecule has 0 aliphatic rings. The number of benzene rings is 1. The van der Waals surface area contributed by atoms with Crippen LogP contribution in [0.15, 0.2) is 57.9 Å². The molecule has 92 valence electrons. The number of carbonyl (C=O) groups is 1. The number of carbonyl (C=O) groups excluding carboxylic acids is 1. The highest BCUT2D eigenvalue weighted by atomic mass is 79.9. The Hall–Kier alpha value is -1.68. The number of rotatable bonds is 4. The fourth-order valence-electron chi connectivity index (χ4n) is 1.70. The molecule has 0 saturated carbocycles. The summed E-state index contributed by atoms with van der Waals surface area (Å²) in [5, 5.41) is 0. The van der Waals surface area contributed by atoms with Crippen molar-refractivity contribution in [3.05, 3.63) is 69.1 Å². The first-order chi connectivity index (χ1) is 8.66. The van der Waals surface area contributed by atoms with Crippen LogP contribution < -0.4 is 5.56 Å². The highest BCUT2D eigenvalue weighted by Gasteiger charge is 2.07. The first-order valence-electron chi connectivity index (χ1n) is 5.57. The molecule has 3 nitrogen and oxygen atoms in total. The molecule has 0 spiro atoms. The summed E-state index contributed by atoms with van der Waals surface area (Å²) in [6.45, 7) is 0.104. The monoisotopic (exact) mass is 305 g/mol. The number of nitrogens with zero attached hydrogens (tertiary/aromatic N) is 1. The zero-order chi connectivity index (χ0) is 13.0. The Balaban J connectivity index is 2.08. The highest BCUT2D eigenvalue weighted by Crippen LogP contribution is 2.03. The van der Waals surface area contributed by atoms with E-state index in [0.29, 0.717) is 10.9 Å². The summed E-state index contributed by atoms with van der Waals surface area (Å²) in [5.74, 6) is 0.0152. The van der Waals surface area contributed by atoms with Gasteiger partial charge in [-0.15, -0.1) is 0 Å². The number of Topliss-reactive ketones (excluding diaryl/α,β-unsaturated/α-hetero) is 1. The van der Waals surface area contributed by atoms with Gasteiger partial charge in [0.1, 0.15) is 0 Å². The maximum Gasteiger partial charge on any atom is 0.265 e. The second kappa shape index (κ2) is 5.78. The molecule has 0 atom stereocenters. The fraction of sp³-hybridized carbons (Fsp3) is 0.143. The average Bonchev–Trinajstić information content (AvgIpc) is 2.36. The second-order valence-corrected chi connectivity index (χ2v) is 4.84. The molecule has 1 aromatic heterocycles. The van der Waals surface area contributed by atoms with Crippen LogP contribution in [-0.4, -0.2) is 10.4 Å². The summed E-state index contributed by atoms with van der Waals surface area (Å²) in [7, 11) is 0. The van der Waals surface area contributed by atoms with Crippen LogP contribution in [0, 0.1) is 0 Å². The van der Waals surface area contributed by atoms with E-state index in [0.717, 1.165) is 5.56 Å². The first-order valence-corrected chi connectivity index (χ1v) is 6.36. The smallest absolute Gasteiger partial charge is 0.265 e. The van der Waals surface area contributed by atoms with Gasteiger partial charge < -0.3 is 4.57 Å². The lowest BCUT2D eigenvalue weighted by molar-refractivity contribution is -0.119. The predicted octanol–water partition coefficient (Wildman–Crippen LogP) is 2.42. The first kappa shape index (κ1) is 12.8. The standard InChI is InChI=1S/C14H12BrNO2/c15-13-7-4-8-16(14(13)18)10-12(17)9-11-5-2-1-3-6-11/h1-8H,9-10H2. The van der Waals surface area contributed by atoms with Crippen molar-refractivity contribution in [1.82, 2.24) is 4.57 Å². The van der Waals surface area contributed by atoms with Gasteiger partial charge in [0.05, 0.1) is 11.0 Å². The Bertz CT molecular complexity index is 605. The van der Waals surface area contributed by atoms with Gasteiger partial charge in [-0.05, 0) is 33.6 Å². The van der Waals surface area contributed by atoms with Crippen LogP contribution in [0.2, 0.25) is 0 Å². The summed E-state index contributed by atoms with van der Waals surface area (Å²) in [4.78, 5) is 23.6. The Labute approximate surface area is 113 Å². The summed E-state index contributed by atoms with van der Waals surface area (Å²) in [5.41, 5.74) is 0.782. The molecule has 0 amide bonds. The zero-order valence-corrected chi connectivity index (χ0v) is 11.3. The lowest BCUT2D eigenvalue weighted by Gasteiger charge is -2.05. The van der Waals surface area contributed by atoms with E-state index >= 15 is 0 Å². The summed E-state index contributed by atoms with van der Waals surface area (Å²) < 4.78 is 1.88. The van der Waals surface area contributed by atoms with Gasteiger partial charge in [-0.2, -0.15) is 0 Å². The van der Waals surface area contributed by atoms with Gasteiger partial charge in [0.25, 0.3) is 5.56 Å². The molecule has 18 heavy (non-hydrogen) atoms. The lowest BCUT2D eigenvalue weighted by Crippen LogP contribution is -2.24. The summed E-state index contributed by atoms with van der Waals surface area (Å²) >= 11 is 3.16. The number of hydrogen-bond acceptors (Lipinski definition) is 2. The van der Waals surface area contributed by atoms with Crippen molar-refractivity contribution >= 4 is 21.7 Å². The molecular formula is C14H12BrNO2. The maximum absolute atomic E-state index is 11.9. The Kier molecular flexibility index (Phi) is 4.10. The Morgan fingerprint density at radius 3 is 2.56 bits per heavy atom. The van der Waals surface area contributed by atoms with E-state index in [9.17, 15) is 9.59 Å². The van der Waals surface area contributed by atoms with Gasteiger partial charge in [-0.3, -0.25) is 9.59 Å². The van der Waals surface area contributed by atoms with Crippen LogP contribution in [0.1, 0.15) is 5.56 Å². The molecule has 0 bridgehead atoms. The minimum Gasteiger partial charge on any atom is -0.307 e. The van der Waals surface area contributed by atoms with Crippen LogP contribution in [0.3, 0.4) is 0 Å². The van der Waals surface area contributed by atoms with Gasteiger partial charge in [0.15, 0.2) is 5.78 Å². The SMILES string of the molecule is O=C(Cc1ccccc1)Cn1cccc(Br)c1=O. The number of halogens is 1. The highest BCUT2D eigenvalue weighted by molar-refractivity contribution is 9.10. The van der Waals surface area contributed by atoms with Crippen molar-refractivity contribution in [3.63, 3.8) is 0 Å². The molecule has 0 saturated heterocycles. The van der Waals surface area contributed by atoms with E-state index in [-0.39, 0.29) is 17.9 Å². The summed E-state index contributed by atoms with van der Waals surface area (Å²) in [6.07, 6.45) is 1.97. The normalized spacial score (nSPS) is 10.3. The minimum absolute atomic E-state index is 0.0152. The van der Waals surface area contributed by atoms with Crippen LogP contribution in [0.25, 0.3) is 0 Å². The molecule has 4 heteroatoms. The largest absolute Gasteiger partial charge is 0.307 e. The molecule has 0 N–H and O–H groups in total. The third-order valence-electron chi connectivity index (χ3n) is 2.56. The van der Waals surface area contributed by atoms with E-state index in [1.54, 1.807) is 18.3 Å². The number of ketones is 1. The molecule has 2 rings (SSSR count). The van der Waals surface area contributed by atoms with Gasteiger partial charge in [0.2, 0.25) is 0 Å². The second-order valence-electron chi connectivity index (χ2n) is 3.99. The quantitative estimate of drug-likeness (QED) is 0.870. The van der Waals surface area contributed by atoms with Crippen molar-refractivity contribution in [2.75, 3.05) is 0 Å². The Morgan fingerprint density at radius 2 is 1.83 bits per heavy atom. The van der Waals surface area contributed by atoms with Gasteiger partial charge in [0, 0.05) is 12.6 Å². The Morgan fingerprint density at radius 1 is 1.11 bits per heavy atom. The van der Waals surface area contributed by atoms with Gasteiger partial charge in [-0.1, -0.05) is 30.3 Å². The number of hydrogen-bond donors (Lipinski definition) is 0. The van der Waals surface area contributed by atoms with Crippen LogP contribution in [0.4, 0.5) is 0 Å². The molecular weight excluding hydrogens is 294 g/mol. The van der Waals surface area contributed by atoms with Gasteiger partial charge in [-0.25, -0.2) is 0 Å². The third kappa shape index (κ3) is 3.17. The van der Waals surface area contributed by atoms with Crippen molar-refractivity contribution in [2.24, 2.45) is 0 Å². The van der Waals surface area contributed by atoms with Gasteiger partial charge >= 0.3 is 0 Å². The number of aromatic nitrogens is 1. The molecule has 1 aromatic carbocycles. The van der Waals surface area contributed by atoms with Crippen molar-refractivity contribution in [2.45, 2.75) is 13.0 Å². The molecule has 1 heterocycles. The fourth-order valence-corrected chi connectivity index (χ4v) is 2.08. The molecule has 0 unspecified atom stereocenters. The molecule has 0 fully saturated rings. The number of pyridine rings is 1. The molecule has 0 aliphatic carbocycles.